The van der Waals surface area contributed by atoms with Crippen LogP contribution in [0.4, 0.5) is 4.79 Å². The number of carbonyl (C=O) groups is 2. The fourth-order valence-corrected chi connectivity index (χ4v) is 2.27. The summed E-state index contributed by atoms with van der Waals surface area (Å²) in [5.41, 5.74) is -0.325. The van der Waals surface area contributed by atoms with Gasteiger partial charge in [-0.05, 0) is 27.7 Å². The Morgan fingerprint density at radius 3 is 2.00 bits per heavy atom. The van der Waals surface area contributed by atoms with E-state index >= 15 is 0 Å². The molecule has 4 unspecified atom stereocenters. The van der Waals surface area contributed by atoms with E-state index in [-0.39, 0.29) is 13.2 Å². The zero-order chi connectivity index (χ0) is 16.5. The second-order valence-electron chi connectivity index (χ2n) is 6.44. The molecule has 0 bridgehead atoms. The molecule has 2 aliphatic rings. The molecule has 2 heterocycles. The minimum Gasteiger partial charge on any atom is -0.454 e. The van der Waals surface area contributed by atoms with Gasteiger partial charge in [-0.2, -0.15) is 0 Å². The number of ether oxygens (including phenoxy) is 5. The Kier molecular flexibility index (Phi) is 4.77. The van der Waals surface area contributed by atoms with Crippen LogP contribution in [0.5, 0.6) is 0 Å². The molecule has 2 aliphatic heterocycles. The van der Waals surface area contributed by atoms with E-state index in [1.807, 2.05) is 0 Å². The largest absolute Gasteiger partial charge is 0.509 e. The fourth-order valence-electron chi connectivity index (χ4n) is 2.27. The molecule has 4 atom stereocenters. The topological polar surface area (TPSA) is 80.3 Å². The van der Waals surface area contributed by atoms with Crippen LogP contribution in [0.1, 0.15) is 27.7 Å². The number of esters is 1. The third-order valence-electron chi connectivity index (χ3n) is 3.21. The Morgan fingerprint density at radius 1 is 1.05 bits per heavy atom. The van der Waals surface area contributed by atoms with E-state index in [2.05, 4.69) is 6.58 Å². The first-order valence-electron chi connectivity index (χ1n) is 7.16. The summed E-state index contributed by atoms with van der Waals surface area (Å²) in [6.45, 7) is 10.7. The molecule has 2 saturated heterocycles. The van der Waals surface area contributed by atoms with Crippen molar-refractivity contribution in [1.82, 2.24) is 0 Å². The molecule has 0 aliphatic carbocycles. The predicted molar refractivity (Wildman–Crippen MR) is 75.3 cm³/mol. The van der Waals surface area contributed by atoms with Crippen molar-refractivity contribution >= 4 is 12.1 Å². The maximum Gasteiger partial charge on any atom is 0.509 e. The minimum atomic E-state index is -0.771. The molecular weight excluding hydrogens is 292 g/mol. The standard InChI is InChI=1S/C15H22O7/c1-8(2)13(16)20-9-6-18-12-10(7-19-11(9)12)21-14(17)22-15(3,4)5/h9-12H,1,6-7H2,2-5H3. The molecule has 7 heteroatoms. The highest BCUT2D eigenvalue weighted by atomic mass is 16.8. The van der Waals surface area contributed by atoms with Crippen molar-refractivity contribution < 1.29 is 33.3 Å². The highest BCUT2D eigenvalue weighted by Gasteiger charge is 2.51. The predicted octanol–water partition coefficient (Wildman–Crippen LogP) is 1.59. The summed E-state index contributed by atoms with van der Waals surface area (Å²) in [4.78, 5) is 23.3. The lowest BCUT2D eigenvalue weighted by atomic mass is 10.1. The summed E-state index contributed by atoms with van der Waals surface area (Å²) in [6, 6.07) is 0. The van der Waals surface area contributed by atoms with Crippen LogP contribution in [0.2, 0.25) is 0 Å². The number of hydrogen-bond acceptors (Lipinski definition) is 7. The first-order chi connectivity index (χ1) is 10.2. The van der Waals surface area contributed by atoms with E-state index < -0.39 is 42.1 Å². The summed E-state index contributed by atoms with van der Waals surface area (Å²) < 4.78 is 26.7. The van der Waals surface area contributed by atoms with Crippen molar-refractivity contribution in [3.63, 3.8) is 0 Å². The zero-order valence-corrected chi connectivity index (χ0v) is 13.3. The van der Waals surface area contributed by atoms with Gasteiger partial charge in [-0.15, -0.1) is 0 Å². The molecule has 124 valence electrons. The highest BCUT2D eigenvalue weighted by molar-refractivity contribution is 5.87. The molecule has 2 rings (SSSR count). The second kappa shape index (κ2) is 6.26. The summed E-state index contributed by atoms with van der Waals surface area (Å²) in [7, 11) is 0. The van der Waals surface area contributed by atoms with Gasteiger partial charge in [0.15, 0.2) is 12.2 Å². The molecular formula is C15H22O7. The van der Waals surface area contributed by atoms with E-state index in [1.54, 1.807) is 27.7 Å². The number of rotatable bonds is 3. The van der Waals surface area contributed by atoms with Gasteiger partial charge in [0.2, 0.25) is 0 Å². The zero-order valence-electron chi connectivity index (χ0n) is 13.3. The van der Waals surface area contributed by atoms with Crippen LogP contribution in [0, 0.1) is 0 Å². The lowest BCUT2D eigenvalue weighted by Crippen LogP contribution is -2.37. The van der Waals surface area contributed by atoms with Crippen molar-refractivity contribution in [3.8, 4) is 0 Å². The smallest absolute Gasteiger partial charge is 0.454 e. The Bertz CT molecular complexity index is 465. The van der Waals surface area contributed by atoms with Crippen molar-refractivity contribution in [2.24, 2.45) is 0 Å². The molecule has 0 amide bonds. The van der Waals surface area contributed by atoms with Crippen LogP contribution in [-0.4, -0.2) is 55.4 Å². The molecule has 0 aromatic carbocycles. The van der Waals surface area contributed by atoms with Crippen LogP contribution in [-0.2, 0) is 28.5 Å². The van der Waals surface area contributed by atoms with Gasteiger partial charge in [0, 0.05) is 5.57 Å². The van der Waals surface area contributed by atoms with Crippen LogP contribution < -0.4 is 0 Å². The van der Waals surface area contributed by atoms with E-state index in [1.165, 1.54) is 0 Å². The summed E-state index contributed by atoms with van der Waals surface area (Å²) in [6.07, 6.45) is -2.78. The van der Waals surface area contributed by atoms with Crippen molar-refractivity contribution in [2.75, 3.05) is 13.2 Å². The van der Waals surface area contributed by atoms with Gasteiger partial charge in [0.25, 0.3) is 0 Å². The molecule has 0 aromatic heterocycles. The van der Waals surface area contributed by atoms with Gasteiger partial charge in [0.1, 0.15) is 17.8 Å². The molecule has 0 aromatic rings. The fraction of sp³-hybridized carbons (Fsp3) is 0.733. The minimum absolute atomic E-state index is 0.176. The van der Waals surface area contributed by atoms with Crippen LogP contribution in [0.25, 0.3) is 0 Å². The van der Waals surface area contributed by atoms with Crippen molar-refractivity contribution in [2.45, 2.75) is 57.7 Å². The molecule has 7 nitrogen and oxygen atoms in total. The van der Waals surface area contributed by atoms with Gasteiger partial charge < -0.3 is 23.7 Å². The molecule has 0 radical (unpaired) electrons. The summed E-state index contributed by atoms with van der Waals surface area (Å²) >= 11 is 0. The summed E-state index contributed by atoms with van der Waals surface area (Å²) in [5, 5.41) is 0. The molecule has 0 N–H and O–H groups in total. The SMILES string of the molecule is C=C(C)C(=O)OC1COC2C(OC(=O)OC(C)(C)C)COC12. The van der Waals surface area contributed by atoms with E-state index in [9.17, 15) is 9.59 Å². The third kappa shape index (κ3) is 3.98. The first-order valence-corrected chi connectivity index (χ1v) is 7.16. The second-order valence-corrected chi connectivity index (χ2v) is 6.44. The van der Waals surface area contributed by atoms with Crippen LogP contribution >= 0.6 is 0 Å². The van der Waals surface area contributed by atoms with E-state index in [0.29, 0.717) is 5.57 Å². The lowest BCUT2D eigenvalue weighted by molar-refractivity contribution is -0.148. The van der Waals surface area contributed by atoms with Crippen molar-refractivity contribution in [1.29, 1.82) is 0 Å². The first kappa shape index (κ1) is 16.8. The average Bonchev–Trinajstić information content (AvgIpc) is 2.91. The average molecular weight is 314 g/mol. The summed E-state index contributed by atoms with van der Waals surface area (Å²) in [5.74, 6) is -0.491. The Labute approximate surface area is 129 Å². The van der Waals surface area contributed by atoms with Crippen LogP contribution in [0.3, 0.4) is 0 Å². The quantitative estimate of drug-likeness (QED) is 0.578. The molecule has 22 heavy (non-hydrogen) atoms. The highest BCUT2D eigenvalue weighted by Crippen LogP contribution is 2.31. The van der Waals surface area contributed by atoms with E-state index in [0.717, 1.165) is 0 Å². The van der Waals surface area contributed by atoms with Crippen molar-refractivity contribution in [3.05, 3.63) is 12.2 Å². The van der Waals surface area contributed by atoms with Gasteiger partial charge in [-0.1, -0.05) is 6.58 Å². The van der Waals surface area contributed by atoms with Gasteiger partial charge >= 0.3 is 12.1 Å². The van der Waals surface area contributed by atoms with Gasteiger partial charge in [0.05, 0.1) is 13.2 Å². The molecule has 0 saturated carbocycles. The monoisotopic (exact) mass is 314 g/mol. The lowest BCUT2D eigenvalue weighted by Gasteiger charge is -2.22. The number of carbonyl (C=O) groups excluding carboxylic acids is 2. The van der Waals surface area contributed by atoms with Crippen LogP contribution in [0.15, 0.2) is 12.2 Å². The van der Waals surface area contributed by atoms with Gasteiger partial charge in [-0.25, -0.2) is 9.59 Å². The van der Waals surface area contributed by atoms with Gasteiger partial charge in [-0.3, -0.25) is 0 Å². The Morgan fingerprint density at radius 2 is 1.55 bits per heavy atom. The third-order valence-corrected chi connectivity index (χ3v) is 3.21. The molecule has 2 fully saturated rings. The maximum atomic E-state index is 11.7. The maximum absolute atomic E-state index is 11.7. The Hall–Kier alpha value is -1.60. The number of hydrogen-bond donors (Lipinski definition) is 0. The normalized spacial score (nSPS) is 30.5. The van der Waals surface area contributed by atoms with E-state index in [4.69, 9.17) is 23.7 Å². The Balaban J connectivity index is 1.89. The number of fused-ring (bicyclic) bond motifs is 1. The molecule has 0 spiro atoms.